The molecule has 0 saturated heterocycles. The maximum atomic E-state index is 3.40. The van der Waals surface area contributed by atoms with Crippen LogP contribution in [0.15, 0.2) is 0 Å². The summed E-state index contributed by atoms with van der Waals surface area (Å²) in [6.45, 7) is 3.51. The van der Waals surface area contributed by atoms with Crippen LogP contribution in [0.25, 0.3) is 0 Å². The van der Waals surface area contributed by atoms with Crippen LogP contribution in [-0.4, -0.2) is 37.6 Å². The molecule has 1 fully saturated rings. The molecule has 2 nitrogen and oxygen atoms in total. The van der Waals surface area contributed by atoms with Gasteiger partial charge in [-0.05, 0) is 46.3 Å². The average molecular weight is 184 g/mol. The first-order valence-corrected chi connectivity index (χ1v) is 5.65. The summed E-state index contributed by atoms with van der Waals surface area (Å²) in [6.07, 6.45) is 6.77. The van der Waals surface area contributed by atoms with Gasteiger partial charge in [0.25, 0.3) is 0 Å². The van der Waals surface area contributed by atoms with Gasteiger partial charge in [0.05, 0.1) is 0 Å². The summed E-state index contributed by atoms with van der Waals surface area (Å²) in [5.41, 5.74) is 0. The molecule has 2 atom stereocenters. The molecule has 1 saturated carbocycles. The summed E-state index contributed by atoms with van der Waals surface area (Å²) in [4.78, 5) is 2.53. The lowest BCUT2D eigenvalue weighted by molar-refractivity contribution is 0.172. The van der Waals surface area contributed by atoms with E-state index in [1.54, 1.807) is 0 Å². The third kappa shape index (κ3) is 3.28. The molecule has 0 amide bonds. The van der Waals surface area contributed by atoms with Crippen LogP contribution >= 0.6 is 0 Å². The van der Waals surface area contributed by atoms with E-state index in [-0.39, 0.29) is 0 Å². The minimum atomic E-state index is 0.762. The summed E-state index contributed by atoms with van der Waals surface area (Å²) in [7, 11) is 4.36. The fraction of sp³-hybridized carbons (Fsp3) is 1.00. The molecule has 0 spiro atoms. The van der Waals surface area contributed by atoms with Gasteiger partial charge < -0.3 is 10.2 Å². The van der Waals surface area contributed by atoms with Crippen LogP contribution in [0.1, 0.15) is 39.0 Å². The van der Waals surface area contributed by atoms with E-state index in [0.717, 1.165) is 12.1 Å². The predicted molar refractivity (Wildman–Crippen MR) is 58.0 cm³/mol. The quantitative estimate of drug-likeness (QED) is 0.717. The molecule has 2 unspecified atom stereocenters. The van der Waals surface area contributed by atoms with E-state index in [0.29, 0.717) is 0 Å². The molecule has 78 valence electrons. The van der Waals surface area contributed by atoms with Gasteiger partial charge in [-0.1, -0.05) is 13.3 Å². The lowest BCUT2D eigenvalue weighted by Gasteiger charge is -2.35. The Hall–Kier alpha value is -0.0800. The Morgan fingerprint density at radius 2 is 2.15 bits per heavy atom. The van der Waals surface area contributed by atoms with Crippen molar-refractivity contribution in [1.82, 2.24) is 10.2 Å². The van der Waals surface area contributed by atoms with Crippen LogP contribution in [0, 0.1) is 0 Å². The van der Waals surface area contributed by atoms with E-state index in [2.05, 4.69) is 31.2 Å². The van der Waals surface area contributed by atoms with Crippen molar-refractivity contribution in [2.24, 2.45) is 0 Å². The Labute approximate surface area is 82.7 Å². The third-order valence-corrected chi connectivity index (χ3v) is 3.25. The monoisotopic (exact) mass is 184 g/mol. The summed E-state index contributed by atoms with van der Waals surface area (Å²) in [5, 5.41) is 3.40. The van der Waals surface area contributed by atoms with Crippen LogP contribution in [-0.2, 0) is 0 Å². The van der Waals surface area contributed by atoms with Gasteiger partial charge in [0, 0.05) is 12.1 Å². The largest absolute Gasteiger partial charge is 0.317 e. The van der Waals surface area contributed by atoms with Gasteiger partial charge in [-0.3, -0.25) is 0 Å². The topological polar surface area (TPSA) is 15.3 Å². The Morgan fingerprint density at radius 1 is 1.38 bits per heavy atom. The minimum Gasteiger partial charge on any atom is -0.317 e. The smallest absolute Gasteiger partial charge is 0.0107 e. The highest BCUT2D eigenvalue weighted by Crippen LogP contribution is 2.22. The maximum Gasteiger partial charge on any atom is 0.0107 e. The van der Waals surface area contributed by atoms with Crippen molar-refractivity contribution in [2.45, 2.75) is 51.1 Å². The zero-order valence-electron chi connectivity index (χ0n) is 9.34. The molecule has 0 aromatic rings. The molecular weight excluding hydrogens is 160 g/mol. The summed E-state index contributed by atoms with van der Waals surface area (Å²) < 4.78 is 0. The van der Waals surface area contributed by atoms with Gasteiger partial charge in [0.2, 0.25) is 0 Å². The van der Waals surface area contributed by atoms with Crippen molar-refractivity contribution < 1.29 is 0 Å². The minimum absolute atomic E-state index is 0.762. The lowest BCUT2D eigenvalue weighted by atomic mass is 9.90. The first-order valence-electron chi connectivity index (χ1n) is 5.65. The maximum absolute atomic E-state index is 3.40. The number of rotatable bonds is 4. The standard InChI is InChI=1S/C11H24N2/c1-4-8-13(3)11-7-5-6-10(9-11)12-2/h10-12H,4-9H2,1-3H3. The second-order valence-electron chi connectivity index (χ2n) is 4.29. The van der Waals surface area contributed by atoms with Crippen LogP contribution in [0.3, 0.4) is 0 Å². The van der Waals surface area contributed by atoms with E-state index in [1.807, 2.05) is 0 Å². The van der Waals surface area contributed by atoms with Gasteiger partial charge in [-0.2, -0.15) is 0 Å². The fourth-order valence-electron chi connectivity index (χ4n) is 2.36. The van der Waals surface area contributed by atoms with Crippen molar-refractivity contribution in [1.29, 1.82) is 0 Å². The van der Waals surface area contributed by atoms with Gasteiger partial charge in [0.1, 0.15) is 0 Å². The van der Waals surface area contributed by atoms with E-state index >= 15 is 0 Å². The average Bonchev–Trinajstić information content (AvgIpc) is 2.18. The Morgan fingerprint density at radius 3 is 2.77 bits per heavy atom. The summed E-state index contributed by atoms with van der Waals surface area (Å²) in [5.74, 6) is 0. The molecule has 1 rings (SSSR count). The van der Waals surface area contributed by atoms with E-state index in [9.17, 15) is 0 Å². The fourth-order valence-corrected chi connectivity index (χ4v) is 2.36. The molecule has 2 heteroatoms. The summed E-state index contributed by atoms with van der Waals surface area (Å²) in [6, 6.07) is 1.59. The molecule has 13 heavy (non-hydrogen) atoms. The number of hydrogen-bond donors (Lipinski definition) is 1. The molecule has 1 aliphatic carbocycles. The van der Waals surface area contributed by atoms with Gasteiger partial charge >= 0.3 is 0 Å². The van der Waals surface area contributed by atoms with Crippen molar-refractivity contribution in [3.05, 3.63) is 0 Å². The highest BCUT2D eigenvalue weighted by Gasteiger charge is 2.22. The molecule has 1 N–H and O–H groups in total. The molecular formula is C11H24N2. The third-order valence-electron chi connectivity index (χ3n) is 3.25. The SMILES string of the molecule is CCCN(C)C1CCCC(NC)C1. The normalized spacial score (nSPS) is 29.5. The molecule has 0 aromatic heterocycles. The predicted octanol–water partition coefficient (Wildman–Crippen LogP) is 1.86. The van der Waals surface area contributed by atoms with Crippen LogP contribution in [0.5, 0.6) is 0 Å². The van der Waals surface area contributed by atoms with Gasteiger partial charge in [-0.25, -0.2) is 0 Å². The van der Waals surface area contributed by atoms with Crippen molar-refractivity contribution in [3.8, 4) is 0 Å². The van der Waals surface area contributed by atoms with E-state index in [1.165, 1.54) is 38.6 Å². The van der Waals surface area contributed by atoms with Gasteiger partial charge in [0.15, 0.2) is 0 Å². The first-order chi connectivity index (χ1) is 6.27. The first kappa shape index (κ1) is 11.0. The zero-order valence-corrected chi connectivity index (χ0v) is 9.34. The molecule has 1 aliphatic rings. The molecule has 0 bridgehead atoms. The number of nitrogens with one attached hydrogen (secondary N) is 1. The Balaban J connectivity index is 2.32. The zero-order chi connectivity index (χ0) is 9.68. The highest BCUT2D eigenvalue weighted by atomic mass is 15.1. The van der Waals surface area contributed by atoms with E-state index < -0.39 is 0 Å². The van der Waals surface area contributed by atoms with Crippen LogP contribution in [0.4, 0.5) is 0 Å². The number of hydrogen-bond acceptors (Lipinski definition) is 2. The van der Waals surface area contributed by atoms with Crippen molar-refractivity contribution >= 4 is 0 Å². The molecule has 0 heterocycles. The van der Waals surface area contributed by atoms with E-state index in [4.69, 9.17) is 0 Å². The van der Waals surface area contributed by atoms with Crippen LogP contribution in [0.2, 0.25) is 0 Å². The molecule has 0 aliphatic heterocycles. The molecule has 0 radical (unpaired) electrons. The lowest BCUT2D eigenvalue weighted by Crippen LogP contribution is -2.42. The highest BCUT2D eigenvalue weighted by molar-refractivity contribution is 4.81. The second kappa shape index (κ2) is 5.61. The number of nitrogens with zero attached hydrogens (tertiary/aromatic N) is 1. The van der Waals surface area contributed by atoms with Gasteiger partial charge in [-0.15, -0.1) is 0 Å². The second-order valence-corrected chi connectivity index (χ2v) is 4.29. The van der Waals surface area contributed by atoms with Crippen LogP contribution < -0.4 is 5.32 Å². The Kier molecular flexibility index (Phi) is 4.74. The van der Waals surface area contributed by atoms with Crippen molar-refractivity contribution in [3.63, 3.8) is 0 Å². The Bertz CT molecular complexity index is 136. The summed E-state index contributed by atoms with van der Waals surface area (Å²) >= 11 is 0. The van der Waals surface area contributed by atoms with Crippen molar-refractivity contribution in [2.75, 3.05) is 20.6 Å². The molecule has 0 aromatic carbocycles.